The zero-order valence-corrected chi connectivity index (χ0v) is 11.7. The van der Waals surface area contributed by atoms with E-state index in [4.69, 9.17) is 16.7 Å². The van der Waals surface area contributed by atoms with Gasteiger partial charge in [0, 0.05) is 23.5 Å². The third-order valence-electron chi connectivity index (χ3n) is 2.76. The molecule has 0 bridgehead atoms. The standard InChI is InChI=1S/C14H11ClN2O4/c1-8-4-10(6-11(5-8)17(20)21)16-9-2-3-13(15)12(7-9)14(18)19/h2-7,16H,1H3,(H,18,19). The lowest BCUT2D eigenvalue weighted by atomic mass is 10.1. The molecular formula is C14H11ClN2O4. The first-order valence-electron chi connectivity index (χ1n) is 5.93. The summed E-state index contributed by atoms with van der Waals surface area (Å²) >= 11 is 5.79. The maximum atomic E-state index is 11.0. The number of nitro benzene ring substituents is 1. The Hall–Kier alpha value is -2.60. The number of halogens is 1. The van der Waals surface area contributed by atoms with Crippen LogP contribution in [0, 0.1) is 17.0 Å². The van der Waals surface area contributed by atoms with Crippen LogP contribution in [0.15, 0.2) is 36.4 Å². The summed E-state index contributed by atoms with van der Waals surface area (Å²) < 4.78 is 0. The smallest absolute Gasteiger partial charge is 0.337 e. The van der Waals surface area contributed by atoms with Crippen LogP contribution in [0.3, 0.4) is 0 Å². The number of hydrogen-bond donors (Lipinski definition) is 2. The van der Waals surface area contributed by atoms with E-state index in [1.807, 2.05) is 0 Å². The van der Waals surface area contributed by atoms with Gasteiger partial charge in [-0.25, -0.2) is 4.79 Å². The van der Waals surface area contributed by atoms with Crippen molar-refractivity contribution in [3.63, 3.8) is 0 Å². The van der Waals surface area contributed by atoms with E-state index >= 15 is 0 Å². The molecule has 0 aliphatic rings. The number of carbonyl (C=O) groups is 1. The van der Waals surface area contributed by atoms with Crippen LogP contribution in [-0.2, 0) is 0 Å². The Morgan fingerprint density at radius 1 is 1.24 bits per heavy atom. The Balaban J connectivity index is 2.36. The van der Waals surface area contributed by atoms with Gasteiger partial charge < -0.3 is 10.4 Å². The van der Waals surface area contributed by atoms with Crippen molar-refractivity contribution >= 4 is 34.6 Å². The van der Waals surface area contributed by atoms with Crippen LogP contribution in [0.2, 0.25) is 5.02 Å². The summed E-state index contributed by atoms with van der Waals surface area (Å²) in [6.07, 6.45) is 0. The van der Waals surface area contributed by atoms with Gasteiger partial charge in [-0.3, -0.25) is 10.1 Å². The van der Waals surface area contributed by atoms with E-state index in [1.165, 1.54) is 24.3 Å². The van der Waals surface area contributed by atoms with Crippen molar-refractivity contribution < 1.29 is 14.8 Å². The van der Waals surface area contributed by atoms with Crippen LogP contribution in [0.4, 0.5) is 17.1 Å². The topological polar surface area (TPSA) is 92.5 Å². The van der Waals surface area contributed by atoms with E-state index in [1.54, 1.807) is 19.1 Å². The molecule has 2 rings (SSSR count). The van der Waals surface area contributed by atoms with Crippen molar-refractivity contribution in [2.45, 2.75) is 6.92 Å². The summed E-state index contributed by atoms with van der Waals surface area (Å²) in [5.74, 6) is -1.14. The van der Waals surface area contributed by atoms with Crippen LogP contribution < -0.4 is 5.32 Å². The minimum atomic E-state index is -1.14. The van der Waals surface area contributed by atoms with E-state index in [-0.39, 0.29) is 16.3 Å². The number of carboxylic acid groups (broad SMARTS) is 1. The predicted molar refractivity (Wildman–Crippen MR) is 79.5 cm³/mol. The highest BCUT2D eigenvalue weighted by Crippen LogP contribution is 2.26. The van der Waals surface area contributed by atoms with Crippen LogP contribution in [0.25, 0.3) is 0 Å². The second-order valence-electron chi connectivity index (χ2n) is 4.44. The van der Waals surface area contributed by atoms with Crippen LogP contribution in [0.5, 0.6) is 0 Å². The Morgan fingerprint density at radius 3 is 2.57 bits per heavy atom. The van der Waals surface area contributed by atoms with Crippen molar-refractivity contribution in [2.75, 3.05) is 5.32 Å². The maximum absolute atomic E-state index is 11.0. The van der Waals surface area contributed by atoms with E-state index in [2.05, 4.69) is 5.32 Å². The molecule has 2 aromatic carbocycles. The second-order valence-corrected chi connectivity index (χ2v) is 4.85. The molecule has 2 N–H and O–H groups in total. The molecule has 0 saturated heterocycles. The molecule has 0 saturated carbocycles. The number of aromatic carboxylic acids is 1. The van der Waals surface area contributed by atoms with Gasteiger partial charge in [0.1, 0.15) is 0 Å². The number of anilines is 2. The molecule has 0 fully saturated rings. The predicted octanol–water partition coefficient (Wildman–Crippen LogP) is 4.00. The lowest BCUT2D eigenvalue weighted by Gasteiger charge is -2.09. The Bertz CT molecular complexity index is 731. The molecule has 0 atom stereocenters. The molecule has 0 amide bonds. The molecule has 0 radical (unpaired) electrons. The summed E-state index contributed by atoms with van der Waals surface area (Å²) in [5, 5.41) is 22.9. The van der Waals surface area contributed by atoms with Gasteiger partial charge in [-0.05, 0) is 36.8 Å². The Morgan fingerprint density at radius 2 is 1.95 bits per heavy atom. The first-order valence-corrected chi connectivity index (χ1v) is 6.30. The number of nitro groups is 1. The summed E-state index contributed by atoms with van der Waals surface area (Å²) in [5.41, 5.74) is 1.63. The quantitative estimate of drug-likeness (QED) is 0.658. The maximum Gasteiger partial charge on any atom is 0.337 e. The fourth-order valence-electron chi connectivity index (χ4n) is 1.87. The molecule has 108 valence electrons. The van der Waals surface area contributed by atoms with E-state index in [9.17, 15) is 14.9 Å². The normalized spacial score (nSPS) is 10.2. The van der Waals surface area contributed by atoms with Gasteiger partial charge in [0.05, 0.1) is 15.5 Å². The minimum Gasteiger partial charge on any atom is -0.478 e. The van der Waals surface area contributed by atoms with Crippen molar-refractivity contribution in [3.8, 4) is 0 Å². The average molecular weight is 307 g/mol. The van der Waals surface area contributed by atoms with Crippen molar-refractivity contribution in [1.29, 1.82) is 0 Å². The largest absolute Gasteiger partial charge is 0.478 e. The lowest BCUT2D eigenvalue weighted by Crippen LogP contribution is -2.00. The fraction of sp³-hybridized carbons (Fsp3) is 0.0714. The average Bonchev–Trinajstić information content (AvgIpc) is 2.40. The first-order chi connectivity index (χ1) is 9.86. The molecule has 0 spiro atoms. The highest BCUT2D eigenvalue weighted by Gasteiger charge is 2.11. The van der Waals surface area contributed by atoms with Crippen molar-refractivity contribution in [3.05, 3.63) is 62.7 Å². The molecule has 0 aliphatic heterocycles. The van der Waals surface area contributed by atoms with E-state index in [0.29, 0.717) is 11.4 Å². The third-order valence-corrected chi connectivity index (χ3v) is 3.09. The molecule has 2 aromatic rings. The number of hydrogen-bond acceptors (Lipinski definition) is 4. The Labute approximate surface area is 125 Å². The molecule has 7 heteroatoms. The molecule has 6 nitrogen and oxygen atoms in total. The highest BCUT2D eigenvalue weighted by molar-refractivity contribution is 6.33. The number of rotatable bonds is 4. The van der Waals surface area contributed by atoms with E-state index in [0.717, 1.165) is 5.56 Å². The number of nitrogens with one attached hydrogen (secondary N) is 1. The van der Waals surface area contributed by atoms with Crippen molar-refractivity contribution in [1.82, 2.24) is 0 Å². The zero-order chi connectivity index (χ0) is 15.6. The van der Waals surface area contributed by atoms with E-state index < -0.39 is 10.9 Å². The monoisotopic (exact) mass is 306 g/mol. The molecule has 0 heterocycles. The summed E-state index contributed by atoms with van der Waals surface area (Å²) in [4.78, 5) is 21.4. The summed E-state index contributed by atoms with van der Waals surface area (Å²) in [6, 6.07) is 8.99. The second kappa shape index (κ2) is 5.80. The first kappa shape index (κ1) is 14.8. The van der Waals surface area contributed by atoms with Gasteiger partial charge in [-0.1, -0.05) is 11.6 Å². The highest BCUT2D eigenvalue weighted by atomic mass is 35.5. The molecule has 21 heavy (non-hydrogen) atoms. The summed E-state index contributed by atoms with van der Waals surface area (Å²) in [6.45, 7) is 1.74. The fourth-order valence-corrected chi connectivity index (χ4v) is 2.07. The summed E-state index contributed by atoms with van der Waals surface area (Å²) in [7, 11) is 0. The number of nitrogens with zero attached hydrogens (tertiary/aromatic N) is 1. The number of benzene rings is 2. The van der Waals surface area contributed by atoms with Gasteiger partial charge in [0.25, 0.3) is 5.69 Å². The van der Waals surface area contributed by atoms with Gasteiger partial charge in [-0.2, -0.15) is 0 Å². The van der Waals surface area contributed by atoms with Gasteiger partial charge >= 0.3 is 5.97 Å². The van der Waals surface area contributed by atoms with Crippen LogP contribution >= 0.6 is 11.6 Å². The van der Waals surface area contributed by atoms with Gasteiger partial charge in [-0.15, -0.1) is 0 Å². The SMILES string of the molecule is Cc1cc(Nc2ccc(Cl)c(C(=O)O)c2)cc([N+](=O)[O-])c1. The third kappa shape index (κ3) is 3.49. The minimum absolute atomic E-state index is 0.0371. The number of carboxylic acids is 1. The van der Waals surface area contributed by atoms with Crippen molar-refractivity contribution in [2.24, 2.45) is 0 Å². The zero-order valence-electron chi connectivity index (χ0n) is 11.0. The molecule has 0 unspecified atom stereocenters. The van der Waals surface area contributed by atoms with Crippen LogP contribution in [-0.4, -0.2) is 16.0 Å². The lowest BCUT2D eigenvalue weighted by molar-refractivity contribution is -0.384. The van der Waals surface area contributed by atoms with Crippen LogP contribution in [0.1, 0.15) is 15.9 Å². The molecular weight excluding hydrogens is 296 g/mol. The van der Waals surface area contributed by atoms with Gasteiger partial charge in [0.15, 0.2) is 0 Å². The molecule has 0 aromatic heterocycles. The molecule has 0 aliphatic carbocycles. The Kier molecular flexibility index (Phi) is 4.09. The van der Waals surface area contributed by atoms with Gasteiger partial charge in [0.2, 0.25) is 0 Å². The number of aryl methyl sites for hydroxylation is 1. The number of non-ortho nitro benzene ring substituents is 1.